The number of aliphatic hydroxyl groups is 1. The van der Waals surface area contributed by atoms with Crippen molar-refractivity contribution >= 4 is 29.9 Å². The first-order valence-electron chi connectivity index (χ1n) is 9.56. The van der Waals surface area contributed by atoms with Crippen molar-refractivity contribution in [1.82, 2.24) is 15.5 Å². The van der Waals surface area contributed by atoms with E-state index >= 15 is 0 Å². The van der Waals surface area contributed by atoms with Gasteiger partial charge in [-0.05, 0) is 46.1 Å². The maximum atomic E-state index is 10.6. The van der Waals surface area contributed by atoms with Gasteiger partial charge < -0.3 is 29.8 Å². The van der Waals surface area contributed by atoms with Crippen LogP contribution in [-0.4, -0.2) is 56.3 Å². The zero-order valence-corrected chi connectivity index (χ0v) is 20.0. The Morgan fingerprint density at radius 2 is 1.97 bits per heavy atom. The summed E-state index contributed by atoms with van der Waals surface area (Å²) in [7, 11) is 4.04. The normalized spacial score (nSPS) is 13.5. The molecule has 0 aliphatic carbocycles. The minimum atomic E-state index is -1.13. The van der Waals surface area contributed by atoms with Crippen molar-refractivity contribution in [2.45, 2.75) is 26.0 Å². The Morgan fingerprint density at radius 3 is 2.62 bits per heavy atom. The Balaban J connectivity index is 0.00000420. The van der Waals surface area contributed by atoms with Gasteiger partial charge in [-0.3, -0.25) is 0 Å². The van der Waals surface area contributed by atoms with Crippen LogP contribution in [0.5, 0.6) is 5.75 Å². The Bertz CT molecular complexity index is 733. The number of rotatable bonds is 10. The molecule has 29 heavy (non-hydrogen) atoms. The second-order valence-corrected chi connectivity index (χ2v) is 7.06. The lowest BCUT2D eigenvalue weighted by Gasteiger charge is -2.22. The number of nitrogens with one attached hydrogen (secondary N) is 2. The Morgan fingerprint density at radius 1 is 1.21 bits per heavy atom. The number of furan rings is 1. The highest BCUT2D eigenvalue weighted by atomic mass is 127. The maximum absolute atomic E-state index is 10.6. The summed E-state index contributed by atoms with van der Waals surface area (Å²) in [6.07, 6.45) is 1.55. The molecule has 0 amide bonds. The summed E-state index contributed by atoms with van der Waals surface area (Å²) in [6, 6.07) is 11.4. The second-order valence-electron chi connectivity index (χ2n) is 7.06. The Hall–Kier alpha value is -1.78. The van der Waals surface area contributed by atoms with Crippen LogP contribution in [0.15, 0.2) is 52.1 Å². The fraction of sp³-hybridized carbons (Fsp3) is 0.476. The van der Waals surface area contributed by atoms with Crippen molar-refractivity contribution in [3.8, 4) is 5.75 Å². The van der Waals surface area contributed by atoms with E-state index in [9.17, 15) is 5.11 Å². The summed E-state index contributed by atoms with van der Waals surface area (Å²) >= 11 is 0. The lowest BCUT2D eigenvalue weighted by Crippen LogP contribution is -2.44. The van der Waals surface area contributed by atoms with Gasteiger partial charge in [0.25, 0.3) is 0 Å². The SMILES string of the molecule is CCNC(=NCc1ccccc1OCCN(C)C)NCC(C)(O)c1ccco1.I. The summed E-state index contributed by atoms with van der Waals surface area (Å²) in [5.74, 6) is 1.97. The number of benzene rings is 1. The Labute approximate surface area is 190 Å². The number of halogens is 1. The number of likely N-dealkylation sites (N-methyl/N-ethyl adjacent to an activating group) is 1. The third-order valence-electron chi connectivity index (χ3n) is 4.17. The highest BCUT2D eigenvalue weighted by Gasteiger charge is 2.26. The van der Waals surface area contributed by atoms with Crippen LogP contribution < -0.4 is 15.4 Å². The predicted molar refractivity (Wildman–Crippen MR) is 127 cm³/mol. The number of para-hydroxylation sites is 1. The molecule has 0 saturated carbocycles. The molecule has 3 N–H and O–H groups in total. The fourth-order valence-corrected chi connectivity index (χ4v) is 2.55. The first-order chi connectivity index (χ1) is 13.4. The summed E-state index contributed by atoms with van der Waals surface area (Å²) < 4.78 is 11.2. The van der Waals surface area contributed by atoms with Crippen LogP contribution in [0.4, 0.5) is 0 Å². The molecule has 2 rings (SSSR count). The Kier molecular flexibility index (Phi) is 11.1. The van der Waals surface area contributed by atoms with Gasteiger partial charge in [-0.1, -0.05) is 18.2 Å². The lowest BCUT2D eigenvalue weighted by molar-refractivity contribution is 0.0386. The molecule has 1 aromatic carbocycles. The van der Waals surface area contributed by atoms with Gasteiger partial charge in [0.2, 0.25) is 0 Å². The quantitative estimate of drug-likeness (QED) is 0.256. The summed E-state index contributed by atoms with van der Waals surface area (Å²) in [5, 5.41) is 17.0. The average molecular weight is 516 g/mol. The van der Waals surface area contributed by atoms with E-state index in [-0.39, 0.29) is 30.5 Å². The van der Waals surface area contributed by atoms with Gasteiger partial charge in [-0.15, -0.1) is 24.0 Å². The molecule has 7 nitrogen and oxygen atoms in total. The molecule has 0 spiro atoms. The molecule has 0 bridgehead atoms. The van der Waals surface area contributed by atoms with Crippen molar-refractivity contribution in [2.24, 2.45) is 4.99 Å². The number of hydrogen-bond donors (Lipinski definition) is 3. The number of nitrogens with zero attached hydrogens (tertiary/aromatic N) is 2. The highest BCUT2D eigenvalue weighted by Crippen LogP contribution is 2.20. The van der Waals surface area contributed by atoms with E-state index in [0.717, 1.165) is 24.4 Å². The van der Waals surface area contributed by atoms with Crippen molar-refractivity contribution in [1.29, 1.82) is 0 Å². The zero-order chi connectivity index (χ0) is 20.4. The molecule has 0 aliphatic rings. The number of aliphatic imine (C=N–C) groups is 1. The smallest absolute Gasteiger partial charge is 0.191 e. The first kappa shape index (κ1) is 25.3. The summed E-state index contributed by atoms with van der Waals surface area (Å²) in [5.41, 5.74) is -0.122. The van der Waals surface area contributed by atoms with E-state index in [1.54, 1.807) is 25.3 Å². The van der Waals surface area contributed by atoms with Gasteiger partial charge in [-0.2, -0.15) is 0 Å². The van der Waals surface area contributed by atoms with Crippen LogP contribution >= 0.6 is 24.0 Å². The van der Waals surface area contributed by atoms with E-state index in [1.165, 1.54) is 0 Å². The van der Waals surface area contributed by atoms with Crippen LogP contribution in [0.3, 0.4) is 0 Å². The molecular formula is C21H33IN4O3. The van der Waals surface area contributed by atoms with Crippen LogP contribution in [0, 0.1) is 0 Å². The third-order valence-corrected chi connectivity index (χ3v) is 4.17. The van der Waals surface area contributed by atoms with Gasteiger partial charge >= 0.3 is 0 Å². The van der Waals surface area contributed by atoms with E-state index in [2.05, 4.69) is 20.5 Å². The monoisotopic (exact) mass is 516 g/mol. The average Bonchev–Trinajstić information content (AvgIpc) is 3.20. The van der Waals surface area contributed by atoms with Crippen LogP contribution in [0.25, 0.3) is 0 Å². The molecule has 0 aliphatic heterocycles. The number of guanidine groups is 1. The van der Waals surface area contributed by atoms with Gasteiger partial charge in [0, 0.05) is 18.7 Å². The molecule has 162 valence electrons. The van der Waals surface area contributed by atoms with Crippen LogP contribution in [0.2, 0.25) is 0 Å². The van der Waals surface area contributed by atoms with E-state index in [0.29, 0.717) is 24.9 Å². The van der Waals surface area contributed by atoms with Gasteiger partial charge in [0.15, 0.2) is 5.96 Å². The van der Waals surface area contributed by atoms with Crippen molar-refractivity contribution < 1.29 is 14.3 Å². The van der Waals surface area contributed by atoms with E-state index in [1.807, 2.05) is 45.3 Å². The van der Waals surface area contributed by atoms with Crippen LogP contribution in [0.1, 0.15) is 25.2 Å². The second kappa shape index (κ2) is 12.7. The molecule has 0 saturated heterocycles. The minimum absolute atomic E-state index is 0. The largest absolute Gasteiger partial charge is 0.492 e. The summed E-state index contributed by atoms with van der Waals surface area (Å²) in [4.78, 5) is 6.72. The topological polar surface area (TPSA) is 82.3 Å². The third kappa shape index (κ3) is 8.63. The molecule has 1 aromatic heterocycles. The maximum Gasteiger partial charge on any atom is 0.191 e. The fourth-order valence-electron chi connectivity index (χ4n) is 2.55. The minimum Gasteiger partial charge on any atom is -0.492 e. The van der Waals surface area contributed by atoms with Crippen LogP contribution in [-0.2, 0) is 12.1 Å². The molecule has 0 fully saturated rings. The number of hydrogen-bond acceptors (Lipinski definition) is 5. The lowest BCUT2D eigenvalue weighted by atomic mass is 10.0. The van der Waals surface area contributed by atoms with Crippen molar-refractivity contribution in [3.63, 3.8) is 0 Å². The molecule has 1 unspecified atom stereocenters. The highest BCUT2D eigenvalue weighted by molar-refractivity contribution is 14.0. The molecule has 2 aromatic rings. The standard InChI is InChI=1S/C21H32N4O3.HI/c1-5-22-20(24-16-21(2,26)19-11-8-13-28-19)23-15-17-9-6-7-10-18(17)27-14-12-25(3)4;/h6-11,13,26H,5,12,14-16H2,1-4H3,(H2,22,23,24);1H. The van der Waals surface area contributed by atoms with Gasteiger partial charge in [-0.25, -0.2) is 4.99 Å². The van der Waals surface area contributed by atoms with Crippen molar-refractivity contribution in [2.75, 3.05) is 40.3 Å². The number of ether oxygens (including phenoxy) is 1. The van der Waals surface area contributed by atoms with Crippen molar-refractivity contribution in [3.05, 3.63) is 54.0 Å². The molecule has 1 atom stereocenters. The van der Waals surface area contributed by atoms with E-state index in [4.69, 9.17) is 9.15 Å². The molecule has 0 radical (unpaired) electrons. The molecule has 1 heterocycles. The predicted octanol–water partition coefficient (Wildman–Crippen LogP) is 2.80. The zero-order valence-electron chi connectivity index (χ0n) is 17.6. The summed E-state index contributed by atoms with van der Waals surface area (Å²) in [6.45, 7) is 6.64. The van der Waals surface area contributed by atoms with Gasteiger partial charge in [0.1, 0.15) is 23.7 Å². The first-order valence-corrected chi connectivity index (χ1v) is 9.56. The molecule has 8 heteroatoms. The van der Waals surface area contributed by atoms with E-state index < -0.39 is 5.60 Å². The van der Waals surface area contributed by atoms with Gasteiger partial charge in [0.05, 0.1) is 19.4 Å². The molecular weight excluding hydrogens is 483 g/mol.